The van der Waals surface area contributed by atoms with Crippen LogP contribution in [0.5, 0.6) is 0 Å². The highest BCUT2D eigenvalue weighted by Gasteiger charge is 2.66. The number of anilines is 1. The Kier molecular flexibility index (Phi) is 6.90. The van der Waals surface area contributed by atoms with E-state index in [-0.39, 0.29) is 24.2 Å². The molecule has 8 nitrogen and oxygen atoms in total. The molecule has 2 aromatic carbocycles. The zero-order valence-electron chi connectivity index (χ0n) is 21.3. The molecule has 198 valence electrons. The molecule has 2 fully saturated rings. The normalized spacial score (nSPS) is 22.9. The third kappa shape index (κ3) is 3.93. The molecular formula is C29H30FN3O5. The molecule has 5 rings (SSSR count). The van der Waals surface area contributed by atoms with Crippen LogP contribution in [0.25, 0.3) is 5.76 Å². The van der Waals surface area contributed by atoms with Crippen molar-refractivity contribution in [3.63, 3.8) is 0 Å². The summed E-state index contributed by atoms with van der Waals surface area (Å²) in [5.74, 6) is -3.53. The summed E-state index contributed by atoms with van der Waals surface area (Å²) < 4.78 is 19.9. The van der Waals surface area contributed by atoms with Gasteiger partial charge in [-0.2, -0.15) is 0 Å². The smallest absolute Gasteiger partial charge is 0.296 e. The molecule has 3 aliphatic rings. The minimum atomic E-state index is -1.87. The van der Waals surface area contributed by atoms with Gasteiger partial charge >= 0.3 is 0 Å². The van der Waals surface area contributed by atoms with Gasteiger partial charge in [-0.3, -0.25) is 19.3 Å². The molecule has 3 aliphatic heterocycles. The van der Waals surface area contributed by atoms with Gasteiger partial charge in [-0.25, -0.2) is 4.39 Å². The molecule has 1 spiro atoms. The molecule has 2 saturated heterocycles. The number of Topliss-reactive ketones (excluding diaryl/α,β-unsaturated/α-hetero) is 1. The molecule has 0 bridgehead atoms. The number of amides is 2. The monoisotopic (exact) mass is 519 g/mol. The molecule has 9 heteroatoms. The summed E-state index contributed by atoms with van der Waals surface area (Å²) in [7, 11) is 0. The van der Waals surface area contributed by atoms with Gasteiger partial charge in [0.1, 0.15) is 11.6 Å². The first-order valence-electron chi connectivity index (χ1n) is 12.7. The molecule has 1 unspecified atom stereocenters. The van der Waals surface area contributed by atoms with Crippen LogP contribution in [0, 0.1) is 12.7 Å². The van der Waals surface area contributed by atoms with Crippen LogP contribution in [0.3, 0.4) is 0 Å². The number of aliphatic hydroxyl groups is 1. The third-order valence-electron chi connectivity index (χ3n) is 7.53. The molecule has 1 N–H and O–H groups in total. The second-order valence-electron chi connectivity index (χ2n) is 9.71. The van der Waals surface area contributed by atoms with Crippen LogP contribution in [0.1, 0.15) is 23.1 Å². The Morgan fingerprint density at radius 3 is 2.58 bits per heavy atom. The van der Waals surface area contributed by atoms with E-state index in [2.05, 4.69) is 11.5 Å². The lowest BCUT2D eigenvalue weighted by Gasteiger charge is -2.35. The highest BCUT2D eigenvalue weighted by Crippen LogP contribution is 2.53. The van der Waals surface area contributed by atoms with Crippen LogP contribution in [0.2, 0.25) is 0 Å². The zero-order chi connectivity index (χ0) is 27.0. The van der Waals surface area contributed by atoms with Crippen molar-refractivity contribution in [2.75, 3.05) is 50.8 Å². The van der Waals surface area contributed by atoms with E-state index < -0.39 is 34.7 Å². The van der Waals surface area contributed by atoms with Crippen LogP contribution in [-0.2, 0) is 24.7 Å². The van der Waals surface area contributed by atoms with Crippen molar-refractivity contribution < 1.29 is 28.6 Å². The number of likely N-dealkylation sites (tertiary alicyclic amines) is 1. The molecule has 2 aromatic rings. The summed E-state index contributed by atoms with van der Waals surface area (Å²) in [6, 6.07) is 11.0. The van der Waals surface area contributed by atoms with E-state index in [9.17, 15) is 23.9 Å². The predicted octanol–water partition coefficient (Wildman–Crippen LogP) is 2.96. The summed E-state index contributed by atoms with van der Waals surface area (Å²) in [5.41, 5.74) is -0.888. The van der Waals surface area contributed by atoms with Gasteiger partial charge in [-0.05, 0) is 31.0 Å². The van der Waals surface area contributed by atoms with Gasteiger partial charge in [0, 0.05) is 43.9 Å². The number of aryl methyl sites for hydroxylation is 1. The van der Waals surface area contributed by atoms with E-state index in [0.29, 0.717) is 43.0 Å². The van der Waals surface area contributed by atoms with E-state index in [0.717, 1.165) is 19.2 Å². The van der Waals surface area contributed by atoms with Crippen molar-refractivity contribution in [2.24, 2.45) is 0 Å². The van der Waals surface area contributed by atoms with Crippen molar-refractivity contribution in [1.29, 1.82) is 0 Å². The molecule has 3 heterocycles. The number of benzene rings is 2. The van der Waals surface area contributed by atoms with Crippen LogP contribution < -0.4 is 4.90 Å². The number of carbonyl (C=O) groups is 3. The Morgan fingerprint density at radius 1 is 1.13 bits per heavy atom. The van der Waals surface area contributed by atoms with Crippen molar-refractivity contribution in [3.05, 3.63) is 83.2 Å². The number of hydrogen-bond acceptors (Lipinski definition) is 6. The maximum absolute atomic E-state index is 14.5. The SMILES string of the molecule is C=CCN1C(=O)C2(/C(=C(\O)c3ccc(C)c(F)c3)C(=O)C(=O)N2CCCN2CCOCC2)c2ccccc21. The molecular weight excluding hydrogens is 489 g/mol. The second kappa shape index (κ2) is 10.2. The van der Waals surface area contributed by atoms with E-state index in [1.165, 1.54) is 21.9 Å². The minimum Gasteiger partial charge on any atom is -0.507 e. The van der Waals surface area contributed by atoms with Crippen molar-refractivity contribution in [2.45, 2.75) is 18.9 Å². The lowest BCUT2D eigenvalue weighted by molar-refractivity contribution is -0.143. The number of carbonyl (C=O) groups excluding carboxylic acids is 3. The Morgan fingerprint density at radius 2 is 1.87 bits per heavy atom. The summed E-state index contributed by atoms with van der Waals surface area (Å²) >= 11 is 0. The van der Waals surface area contributed by atoms with E-state index in [1.807, 2.05) is 0 Å². The summed E-state index contributed by atoms with van der Waals surface area (Å²) in [4.78, 5) is 46.4. The van der Waals surface area contributed by atoms with Crippen LogP contribution in [-0.4, -0.2) is 78.4 Å². The minimum absolute atomic E-state index is 0.0197. The Balaban J connectivity index is 1.67. The van der Waals surface area contributed by atoms with Gasteiger partial charge in [0.25, 0.3) is 17.6 Å². The number of rotatable bonds is 7. The molecule has 2 amide bonds. The number of aliphatic hydroxyl groups excluding tert-OH is 1. The lowest BCUT2D eigenvalue weighted by atomic mass is 9.81. The van der Waals surface area contributed by atoms with Gasteiger partial charge in [0.05, 0.1) is 24.5 Å². The first-order chi connectivity index (χ1) is 18.3. The van der Waals surface area contributed by atoms with Crippen LogP contribution in [0.15, 0.2) is 60.7 Å². The highest BCUT2D eigenvalue weighted by atomic mass is 19.1. The fraction of sp³-hybridized carbons (Fsp3) is 0.345. The number of ketones is 1. The quantitative estimate of drug-likeness (QED) is 0.262. The Hall–Kier alpha value is -3.82. The van der Waals surface area contributed by atoms with E-state index >= 15 is 0 Å². The standard InChI is InChI=1S/C29H30FN3O5/c1-3-11-32-23-8-5-4-7-21(23)29(28(32)37)24(25(34)20-10-9-19(2)22(30)18-20)26(35)27(36)33(29)13-6-12-31-14-16-38-17-15-31/h3-5,7-10,18,34H,1,6,11-17H2,2H3/b25-24-. The fourth-order valence-corrected chi connectivity index (χ4v) is 5.64. The fourth-order valence-electron chi connectivity index (χ4n) is 5.64. The summed E-state index contributed by atoms with van der Waals surface area (Å²) in [5, 5.41) is 11.5. The third-order valence-corrected chi connectivity index (χ3v) is 7.53. The number of morpholine rings is 1. The molecule has 0 aromatic heterocycles. The molecule has 38 heavy (non-hydrogen) atoms. The summed E-state index contributed by atoms with van der Waals surface area (Å²) in [6.45, 7) is 9.02. The Labute approximate surface area is 220 Å². The van der Waals surface area contributed by atoms with Crippen molar-refractivity contribution in [1.82, 2.24) is 9.80 Å². The number of nitrogens with zero attached hydrogens (tertiary/aromatic N) is 3. The van der Waals surface area contributed by atoms with Gasteiger partial charge in [-0.15, -0.1) is 6.58 Å². The number of para-hydroxylation sites is 1. The van der Waals surface area contributed by atoms with Crippen molar-refractivity contribution >= 4 is 29.0 Å². The molecule has 0 radical (unpaired) electrons. The molecule has 0 saturated carbocycles. The van der Waals surface area contributed by atoms with E-state index in [4.69, 9.17) is 4.74 Å². The number of hydrogen-bond donors (Lipinski definition) is 1. The maximum atomic E-state index is 14.5. The predicted molar refractivity (Wildman–Crippen MR) is 140 cm³/mol. The highest BCUT2D eigenvalue weighted by molar-refractivity contribution is 6.50. The average Bonchev–Trinajstić information content (AvgIpc) is 3.30. The van der Waals surface area contributed by atoms with Gasteiger partial charge in [0.15, 0.2) is 5.54 Å². The maximum Gasteiger partial charge on any atom is 0.296 e. The molecule has 1 atom stereocenters. The average molecular weight is 520 g/mol. The second-order valence-corrected chi connectivity index (χ2v) is 9.71. The first-order valence-corrected chi connectivity index (χ1v) is 12.7. The van der Waals surface area contributed by atoms with Crippen molar-refractivity contribution in [3.8, 4) is 0 Å². The number of fused-ring (bicyclic) bond motifs is 2. The largest absolute Gasteiger partial charge is 0.507 e. The number of halogens is 1. The Bertz CT molecular complexity index is 1350. The van der Waals surface area contributed by atoms with E-state index in [1.54, 1.807) is 37.3 Å². The van der Waals surface area contributed by atoms with Gasteiger partial charge in [0.2, 0.25) is 0 Å². The van der Waals surface area contributed by atoms with Crippen LogP contribution >= 0.6 is 0 Å². The van der Waals surface area contributed by atoms with Gasteiger partial charge in [-0.1, -0.05) is 36.4 Å². The lowest BCUT2D eigenvalue weighted by Crippen LogP contribution is -2.52. The zero-order valence-corrected chi connectivity index (χ0v) is 21.3. The molecule has 0 aliphatic carbocycles. The first kappa shape index (κ1) is 25.8. The topological polar surface area (TPSA) is 90.4 Å². The van der Waals surface area contributed by atoms with Gasteiger partial charge < -0.3 is 19.6 Å². The number of ether oxygens (including phenoxy) is 1. The summed E-state index contributed by atoms with van der Waals surface area (Å²) in [6.07, 6.45) is 2.07. The van der Waals surface area contributed by atoms with Crippen LogP contribution in [0.4, 0.5) is 10.1 Å².